The molecule has 0 fully saturated rings. The number of carbonyl (C=O) groups excluding carboxylic acids is 1. The Hall–Kier alpha value is -2.87. The van der Waals surface area contributed by atoms with Crippen LogP contribution in [0, 0.1) is 0 Å². The summed E-state index contributed by atoms with van der Waals surface area (Å²) in [7, 11) is 1.49. The van der Waals surface area contributed by atoms with E-state index in [1.54, 1.807) is 40.6 Å². The van der Waals surface area contributed by atoms with Gasteiger partial charge in [-0.05, 0) is 36.4 Å². The molecular weight excluding hydrogens is 390 g/mol. The van der Waals surface area contributed by atoms with Crippen LogP contribution in [0.4, 0.5) is 0 Å². The number of ether oxygens (including phenoxy) is 1. The number of thiophene rings is 1. The van der Waals surface area contributed by atoms with Gasteiger partial charge in [-0.25, -0.2) is 9.36 Å². The number of hydrogen-bond acceptors (Lipinski definition) is 5. The van der Waals surface area contributed by atoms with Crippen LogP contribution in [0.2, 0.25) is 0 Å². The number of amides is 1. The van der Waals surface area contributed by atoms with Crippen LogP contribution in [0.25, 0.3) is 15.9 Å². The van der Waals surface area contributed by atoms with Gasteiger partial charge in [-0.2, -0.15) is 0 Å². The number of nitrogens with zero attached hydrogens (tertiary/aromatic N) is 3. The molecule has 1 aromatic carbocycles. The van der Waals surface area contributed by atoms with Crippen LogP contribution in [0.15, 0.2) is 45.3 Å². The molecule has 0 saturated heterocycles. The minimum Gasteiger partial charge on any atom is -0.495 e. The van der Waals surface area contributed by atoms with E-state index in [-0.39, 0.29) is 12.5 Å². The molecule has 0 aliphatic rings. The molecule has 0 spiro atoms. The van der Waals surface area contributed by atoms with Crippen LogP contribution in [0.5, 0.6) is 5.75 Å². The van der Waals surface area contributed by atoms with Crippen molar-refractivity contribution in [3.63, 3.8) is 0 Å². The van der Waals surface area contributed by atoms with E-state index in [1.165, 1.54) is 23.0 Å². The second-order valence-electron chi connectivity index (χ2n) is 6.70. The van der Waals surface area contributed by atoms with E-state index in [1.807, 2.05) is 13.8 Å². The van der Waals surface area contributed by atoms with E-state index in [0.717, 1.165) is 17.4 Å². The Kier molecular flexibility index (Phi) is 6.53. The number of para-hydroxylation sites is 2. The van der Waals surface area contributed by atoms with Crippen molar-refractivity contribution in [2.45, 2.75) is 33.2 Å². The minimum atomic E-state index is -0.549. The third-order valence-electron chi connectivity index (χ3n) is 4.71. The Morgan fingerprint density at radius 1 is 1.10 bits per heavy atom. The average Bonchev–Trinajstić information content (AvgIpc) is 3.21. The third-order valence-corrected chi connectivity index (χ3v) is 5.61. The lowest BCUT2D eigenvalue weighted by molar-refractivity contribution is -0.131. The van der Waals surface area contributed by atoms with Crippen LogP contribution in [0.3, 0.4) is 0 Å². The topological polar surface area (TPSA) is 73.5 Å². The molecule has 0 N–H and O–H groups in total. The normalized spacial score (nSPS) is 11.0. The van der Waals surface area contributed by atoms with Crippen molar-refractivity contribution in [1.82, 2.24) is 14.0 Å². The van der Waals surface area contributed by atoms with E-state index in [9.17, 15) is 14.4 Å². The number of carbonyl (C=O) groups is 1. The first-order valence-electron chi connectivity index (χ1n) is 9.67. The largest absolute Gasteiger partial charge is 0.495 e. The summed E-state index contributed by atoms with van der Waals surface area (Å²) in [6.45, 7) is 5.20. The first-order valence-corrected chi connectivity index (χ1v) is 10.6. The lowest BCUT2D eigenvalue weighted by Crippen LogP contribution is -2.43. The molecule has 0 saturated carbocycles. The second-order valence-corrected chi connectivity index (χ2v) is 7.61. The maximum atomic E-state index is 13.3. The standard InChI is InChI=1S/C21H25N3O4S/c1-4-11-22(12-5-2)18(25)14-23-16-10-13-29-19(16)20(26)24(21(23)27)15-8-6-7-9-17(15)28-3/h6-10,13H,4-5,11-12,14H2,1-3H3. The van der Waals surface area contributed by atoms with Gasteiger partial charge < -0.3 is 9.64 Å². The van der Waals surface area contributed by atoms with Crippen molar-refractivity contribution < 1.29 is 9.53 Å². The first kappa shape index (κ1) is 20.9. The predicted octanol–water partition coefficient (Wildman–Crippen LogP) is 2.87. The molecule has 0 atom stereocenters. The third kappa shape index (κ3) is 3.98. The van der Waals surface area contributed by atoms with E-state index in [4.69, 9.17) is 4.74 Å². The molecule has 0 unspecified atom stereocenters. The summed E-state index contributed by atoms with van der Waals surface area (Å²) in [5.41, 5.74) is -0.114. The molecule has 7 nitrogen and oxygen atoms in total. The highest BCUT2D eigenvalue weighted by Crippen LogP contribution is 2.22. The van der Waals surface area contributed by atoms with Crippen molar-refractivity contribution in [2.75, 3.05) is 20.2 Å². The number of methoxy groups -OCH3 is 1. The van der Waals surface area contributed by atoms with Crippen molar-refractivity contribution in [3.05, 3.63) is 56.5 Å². The molecule has 3 rings (SSSR count). The molecule has 29 heavy (non-hydrogen) atoms. The summed E-state index contributed by atoms with van der Waals surface area (Å²) in [5.74, 6) is 0.285. The summed E-state index contributed by atoms with van der Waals surface area (Å²) < 4.78 is 8.26. The van der Waals surface area contributed by atoms with Gasteiger partial charge in [-0.3, -0.25) is 14.2 Å². The first-order chi connectivity index (χ1) is 14.0. The summed E-state index contributed by atoms with van der Waals surface area (Å²) in [4.78, 5) is 41.1. The number of rotatable bonds is 8. The number of hydrogen-bond donors (Lipinski definition) is 0. The van der Waals surface area contributed by atoms with E-state index < -0.39 is 11.2 Å². The van der Waals surface area contributed by atoms with Gasteiger partial charge in [0.25, 0.3) is 5.56 Å². The average molecular weight is 416 g/mol. The van der Waals surface area contributed by atoms with Crippen molar-refractivity contribution in [3.8, 4) is 11.4 Å². The van der Waals surface area contributed by atoms with Gasteiger partial charge in [-0.15, -0.1) is 11.3 Å². The maximum absolute atomic E-state index is 13.3. The van der Waals surface area contributed by atoms with Gasteiger partial charge >= 0.3 is 5.69 Å². The molecule has 154 valence electrons. The van der Waals surface area contributed by atoms with Gasteiger partial charge in [0.1, 0.15) is 17.0 Å². The zero-order valence-electron chi connectivity index (χ0n) is 16.9. The Bertz CT molecular complexity index is 1120. The molecule has 0 radical (unpaired) electrons. The predicted molar refractivity (Wildman–Crippen MR) is 115 cm³/mol. The van der Waals surface area contributed by atoms with Crippen LogP contribution in [-0.4, -0.2) is 40.1 Å². The number of benzene rings is 1. The zero-order chi connectivity index (χ0) is 21.0. The number of fused-ring (bicyclic) bond motifs is 1. The maximum Gasteiger partial charge on any atom is 0.336 e. The molecule has 0 aliphatic carbocycles. The van der Waals surface area contributed by atoms with Gasteiger partial charge in [-0.1, -0.05) is 26.0 Å². The quantitative estimate of drug-likeness (QED) is 0.567. The fraction of sp³-hybridized carbons (Fsp3) is 0.381. The van der Waals surface area contributed by atoms with Gasteiger partial charge in [0.2, 0.25) is 5.91 Å². The van der Waals surface area contributed by atoms with E-state index in [0.29, 0.717) is 34.7 Å². The van der Waals surface area contributed by atoms with Crippen LogP contribution >= 0.6 is 11.3 Å². The lowest BCUT2D eigenvalue weighted by Gasteiger charge is -2.22. The Morgan fingerprint density at radius 3 is 2.45 bits per heavy atom. The summed E-state index contributed by atoms with van der Waals surface area (Å²) in [6, 6.07) is 8.58. The van der Waals surface area contributed by atoms with Crippen molar-refractivity contribution in [1.29, 1.82) is 0 Å². The van der Waals surface area contributed by atoms with Crippen molar-refractivity contribution in [2.24, 2.45) is 0 Å². The Balaban J connectivity index is 2.18. The molecular formula is C21H25N3O4S. The van der Waals surface area contributed by atoms with Gasteiger partial charge in [0, 0.05) is 13.1 Å². The SMILES string of the molecule is CCCN(CCC)C(=O)Cn1c(=O)n(-c2ccccc2OC)c(=O)c2sccc21. The summed E-state index contributed by atoms with van der Waals surface area (Å²) >= 11 is 1.26. The Morgan fingerprint density at radius 2 is 1.79 bits per heavy atom. The smallest absolute Gasteiger partial charge is 0.336 e. The number of aromatic nitrogens is 2. The molecule has 2 heterocycles. The fourth-order valence-corrected chi connectivity index (χ4v) is 4.23. The van der Waals surface area contributed by atoms with E-state index >= 15 is 0 Å². The molecule has 8 heteroatoms. The van der Waals surface area contributed by atoms with Crippen LogP contribution in [0.1, 0.15) is 26.7 Å². The zero-order valence-corrected chi connectivity index (χ0v) is 17.7. The highest BCUT2D eigenvalue weighted by atomic mass is 32.1. The summed E-state index contributed by atoms with van der Waals surface area (Å²) in [5, 5.41) is 1.76. The fourth-order valence-electron chi connectivity index (χ4n) is 3.40. The Labute approximate surface area is 172 Å². The highest BCUT2D eigenvalue weighted by molar-refractivity contribution is 7.17. The lowest BCUT2D eigenvalue weighted by atomic mass is 10.3. The molecule has 0 aliphatic heterocycles. The summed E-state index contributed by atoms with van der Waals surface area (Å²) in [6.07, 6.45) is 1.68. The van der Waals surface area contributed by atoms with Crippen LogP contribution in [-0.2, 0) is 11.3 Å². The molecule has 2 aromatic heterocycles. The van der Waals surface area contributed by atoms with Crippen LogP contribution < -0.4 is 16.0 Å². The van der Waals surface area contributed by atoms with Gasteiger partial charge in [0.15, 0.2) is 0 Å². The van der Waals surface area contributed by atoms with Crippen molar-refractivity contribution >= 4 is 27.5 Å². The van der Waals surface area contributed by atoms with Gasteiger partial charge in [0.05, 0.1) is 18.3 Å². The monoisotopic (exact) mass is 415 g/mol. The molecule has 3 aromatic rings. The molecule has 0 bridgehead atoms. The highest BCUT2D eigenvalue weighted by Gasteiger charge is 2.21. The minimum absolute atomic E-state index is 0.110. The second kappa shape index (κ2) is 9.09. The van der Waals surface area contributed by atoms with E-state index in [2.05, 4.69) is 0 Å². The molecule has 1 amide bonds.